The number of carbonyl (C=O) groups is 1. The summed E-state index contributed by atoms with van der Waals surface area (Å²) in [5.74, 6) is 0. The van der Waals surface area contributed by atoms with E-state index in [0.29, 0.717) is 6.54 Å². The molecule has 5 heteroatoms. The minimum Gasteiger partial charge on any atom is -0.444 e. The monoisotopic (exact) mass is 265 g/mol. The molecule has 2 unspecified atom stereocenters. The standard InChI is InChI=1S/C14H23N3O2/c1-13(2,3)19-12(18)17-9-5-6-11(17)14(4)10-15-7-8-16-14/h8,10-11H,5-7,9H2,1-4H3. The van der Waals surface area contributed by atoms with Crippen LogP contribution in [0.3, 0.4) is 0 Å². The Morgan fingerprint density at radius 3 is 2.79 bits per heavy atom. The van der Waals surface area contributed by atoms with Crippen LogP contribution in [-0.2, 0) is 4.74 Å². The van der Waals surface area contributed by atoms with Crippen molar-refractivity contribution in [2.24, 2.45) is 9.98 Å². The lowest BCUT2D eigenvalue weighted by Gasteiger charge is -2.36. The van der Waals surface area contributed by atoms with Gasteiger partial charge in [-0.1, -0.05) is 0 Å². The fourth-order valence-electron chi connectivity index (χ4n) is 2.64. The molecule has 1 saturated heterocycles. The molecular weight excluding hydrogens is 242 g/mol. The zero-order valence-electron chi connectivity index (χ0n) is 12.2. The highest BCUT2D eigenvalue weighted by atomic mass is 16.6. The normalized spacial score (nSPS) is 30.7. The number of rotatable bonds is 1. The van der Waals surface area contributed by atoms with Crippen LogP contribution in [0, 0.1) is 0 Å². The Hall–Kier alpha value is -1.39. The van der Waals surface area contributed by atoms with Crippen molar-refractivity contribution in [3.63, 3.8) is 0 Å². The Balaban J connectivity index is 2.13. The van der Waals surface area contributed by atoms with Crippen molar-refractivity contribution >= 4 is 18.5 Å². The van der Waals surface area contributed by atoms with Crippen LogP contribution in [0.1, 0.15) is 40.5 Å². The van der Waals surface area contributed by atoms with Gasteiger partial charge in [0.2, 0.25) is 0 Å². The van der Waals surface area contributed by atoms with E-state index in [9.17, 15) is 4.79 Å². The maximum atomic E-state index is 12.3. The van der Waals surface area contributed by atoms with Crippen molar-refractivity contribution in [1.29, 1.82) is 0 Å². The summed E-state index contributed by atoms with van der Waals surface area (Å²) in [5, 5.41) is 0. The Labute approximate surface area is 114 Å². The summed E-state index contributed by atoms with van der Waals surface area (Å²) < 4.78 is 5.48. The minimum atomic E-state index is -0.463. The molecule has 0 bridgehead atoms. The molecular formula is C14H23N3O2. The first kappa shape index (κ1) is 14.0. The minimum absolute atomic E-state index is 0.0441. The summed E-state index contributed by atoms with van der Waals surface area (Å²) in [5.41, 5.74) is -0.874. The van der Waals surface area contributed by atoms with E-state index in [1.165, 1.54) is 0 Å². The zero-order valence-corrected chi connectivity index (χ0v) is 12.2. The number of hydrogen-bond donors (Lipinski definition) is 0. The third kappa shape index (κ3) is 3.14. The first-order valence-corrected chi connectivity index (χ1v) is 6.86. The predicted molar refractivity (Wildman–Crippen MR) is 76.2 cm³/mol. The third-order valence-electron chi connectivity index (χ3n) is 3.46. The van der Waals surface area contributed by atoms with Crippen LogP contribution in [-0.4, -0.2) is 53.7 Å². The van der Waals surface area contributed by atoms with Crippen molar-refractivity contribution in [2.75, 3.05) is 13.1 Å². The largest absolute Gasteiger partial charge is 0.444 e. The first-order chi connectivity index (χ1) is 8.82. The molecule has 106 valence electrons. The van der Waals surface area contributed by atoms with E-state index < -0.39 is 11.1 Å². The van der Waals surface area contributed by atoms with Crippen molar-refractivity contribution in [2.45, 2.75) is 57.7 Å². The van der Waals surface area contributed by atoms with E-state index in [1.807, 2.05) is 40.1 Å². The maximum absolute atomic E-state index is 12.3. The molecule has 5 nitrogen and oxygen atoms in total. The molecule has 2 aliphatic rings. The molecule has 2 rings (SSSR count). The molecule has 2 aliphatic heterocycles. The van der Waals surface area contributed by atoms with Crippen LogP contribution >= 0.6 is 0 Å². The summed E-state index contributed by atoms with van der Waals surface area (Å²) in [7, 11) is 0. The van der Waals surface area contributed by atoms with Gasteiger partial charge in [-0.05, 0) is 40.5 Å². The molecule has 1 fully saturated rings. The number of ether oxygens (including phenoxy) is 1. The molecule has 0 radical (unpaired) electrons. The van der Waals surface area contributed by atoms with Gasteiger partial charge in [0, 0.05) is 19.0 Å². The van der Waals surface area contributed by atoms with Crippen LogP contribution in [0.5, 0.6) is 0 Å². The number of likely N-dealkylation sites (tertiary alicyclic amines) is 1. The van der Waals surface area contributed by atoms with Gasteiger partial charge in [-0.3, -0.25) is 9.98 Å². The molecule has 2 atom stereocenters. The Bertz CT molecular complexity index is 397. The van der Waals surface area contributed by atoms with Gasteiger partial charge in [-0.2, -0.15) is 0 Å². The molecule has 0 aromatic rings. The molecule has 0 saturated carbocycles. The van der Waals surface area contributed by atoms with E-state index in [4.69, 9.17) is 4.74 Å². The summed E-state index contributed by atoms with van der Waals surface area (Å²) in [6, 6.07) is 0.0441. The predicted octanol–water partition coefficient (Wildman–Crippen LogP) is 2.30. The Morgan fingerprint density at radius 2 is 2.21 bits per heavy atom. The van der Waals surface area contributed by atoms with Gasteiger partial charge < -0.3 is 9.64 Å². The second-order valence-corrected chi connectivity index (χ2v) is 6.36. The van der Waals surface area contributed by atoms with E-state index in [2.05, 4.69) is 9.98 Å². The van der Waals surface area contributed by atoms with Crippen LogP contribution in [0.4, 0.5) is 4.79 Å². The van der Waals surface area contributed by atoms with E-state index >= 15 is 0 Å². The van der Waals surface area contributed by atoms with E-state index in [1.54, 1.807) is 4.90 Å². The summed E-state index contributed by atoms with van der Waals surface area (Å²) in [4.78, 5) is 22.9. The number of carbonyl (C=O) groups excluding carboxylic acids is 1. The zero-order chi connectivity index (χ0) is 14.1. The van der Waals surface area contributed by atoms with E-state index in [-0.39, 0.29) is 12.1 Å². The third-order valence-corrected chi connectivity index (χ3v) is 3.46. The Morgan fingerprint density at radius 1 is 1.47 bits per heavy atom. The summed E-state index contributed by atoms with van der Waals surface area (Å²) >= 11 is 0. The van der Waals surface area contributed by atoms with Gasteiger partial charge in [-0.25, -0.2) is 4.79 Å². The fourth-order valence-corrected chi connectivity index (χ4v) is 2.64. The number of amides is 1. The maximum Gasteiger partial charge on any atom is 0.410 e. The fraction of sp³-hybridized carbons (Fsp3) is 0.786. The van der Waals surface area contributed by atoms with Gasteiger partial charge >= 0.3 is 6.09 Å². The second-order valence-electron chi connectivity index (χ2n) is 6.36. The molecule has 0 aromatic heterocycles. The molecule has 1 amide bonds. The Kier molecular flexibility index (Phi) is 3.65. The van der Waals surface area contributed by atoms with Crippen molar-refractivity contribution in [3.8, 4) is 0 Å². The lowest BCUT2D eigenvalue weighted by atomic mass is 9.91. The highest BCUT2D eigenvalue weighted by molar-refractivity contribution is 5.81. The quantitative estimate of drug-likeness (QED) is 0.730. The lowest BCUT2D eigenvalue weighted by molar-refractivity contribution is 0.0195. The summed E-state index contributed by atoms with van der Waals surface area (Å²) in [6.07, 6.45) is 5.39. The molecule has 2 heterocycles. The van der Waals surface area contributed by atoms with Crippen molar-refractivity contribution in [3.05, 3.63) is 0 Å². The average Bonchev–Trinajstić information content (AvgIpc) is 2.77. The lowest BCUT2D eigenvalue weighted by Crippen LogP contribution is -2.51. The molecule has 0 spiro atoms. The molecule has 19 heavy (non-hydrogen) atoms. The van der Waals surface area contributed by atoms with Gasteiger partial charge in [-0.15, -0.1) is 0 Å². The van der Waals surface area contributed by atoms with E-state index in [0.717, 1.165) is 19.4 Å². The topological polar surface area (TPSA) is 54.3 Å². The van der Waals surface area contributed by atoms with Gasteiger partial charge in [0.05, 0.1) is 12.6 Å². The highest BCUT2D eigenvalue weighted by Crippen LogP contribution is 2.30. The molecule has 0 aromatic carbocycles. The van der Waals surface area contributed by atoms with Crippen molar-refractivity contribution < 1.29 is 9.53 Å². The summed E-state index contributed by atoms with van der Waals surface area (Å²) in [6.45, 7) is 9.06. The SMILES string of the molecule is CC(C)(C)OC(=O)N1CCCC1C1(C)C=NCC=N1. The second kappa shape index (κ2) is 4.94. The van der Waals surface area contributed by atoms with Gasteiger partial charge in [0.1, 0.15) is 11.1 Å². The molecule has 0 aliphatic carbocycles. The van der Waals surface area contributed by atoms with Gasteiger partial charge in [0.15, 0.2) is 0 Å². The number of nitrogens with zero attached hydrogens (tertiary/aromatic N) is 3. The number of aliphatic imine (C=N–C) groups is 2. The molecule has 0 N–H and O–H groups in total. The van der Waals surface area contributed by atoms with Crippen LogP contribution in [0.2, 0.25) is 0 Å². The number of hydrogen-bond acceptors (Lipinski definition) is 4. The smallest absolute Gasteiger partial charge is 0.410 e. The van der Waals surface area contributed by atoms with Crippen LogP contribution < -0.4 is 0 Å². The van der Waals surface area contributed by atoms with Gasteiger partial charge in [0.25, 0.3) is 0 Å². The van der Waals surface area contributed by atoms with Crippen LogP contribution in [0.15, 0.2) is 9.98 Å². The highest BCUT2D eigenvalue weighted by Gasteiger charge is 2.43. The first-order valence-electron chi connectivity index (χ1n) is 6.86. The van der Waals surface area contributed by atoms with Crippen molar-refractivity contribution in [1.82, 2.24) is 4.90 Å². The van der Waals surface area contributed by atoms with Crippen LogP contribution in [0.25, 0.3) is 0 Å². The average molecular weight is 265 g/mol.